The molecule has 0 aliphatic heterocycles. The second-order valence-corrected chi connectivity index (χ2v) is 5.82. The van der Waals surface area contributed by atoms with Crippen LogP contribution >= 0.6 is 0 Å². The van der Waals surface area contributed by atoms with Crippen molar-refractivity contribution in [3.05, 3.63) is 18.0 Å². The van der Waals surface area contributed by atoms with Crippen molar-refractivity contribution >= 4 is 0 Å². The van der Waals surface area contributed by atoms with E-state index in [0.29, 0.717) is 6.04 Å². The Morgan fingerprint density at radius 2 is 2.15 bits per heavy atom. The monoisotopic (exact) mass is 280 g/mol. The molecule has 5 nitrogen and oxygen atoms in total. The van der Waals surface area contributed by atoms with Gasteiger partial charge in [0.25, 0.3) is 0 Å². The van der Waals surface area contributed by atoms with Crippen LogP contribution in [0.4, 0.5) is 0 Å². The van der Waals surface area contributed by atoms with E-state index in [1.807, 2.05) is 0 Å². The molecule has 0 amide bonds. The molecule has 1 aliphatic rings. The highest BCUT2D eigenvalue weighted by Gasteiger charge is 2.17. The Morgan fingerprint density at radius 1 is 1.35 bits per heavy atom. The van der Waals surface area contributed by atoms with Gasteiger partial charge in [-0.1, -0.05) is 12.8 Å². The number of hydrogen-bond acceptors (Lipinski definition) is 4. The highest BCUT2D eigenvalue weighted by atomic mass is 16.5. The van der Waals surface area contributed by atoms with Gasteiger partial charge in [0.05, 0.1) is 24.9 Å². The molecule has 1 N–H and O–H groups in total. The standard InChI is InChI=1S/C15H28N4O/c1-18(2)10-12-20-11-8-16-13-14-7-9-19(17-14)15-5-3-4-6-15/h7,9,15-16H,3-6,8,10-13H2,1-2H3. The fourth-order valence-electron chi connectivity index (χ4n) is 2.55. The van der Waals surface area contributed by atoms with E-state index in [2.05, 4.69) is 46.4 Å². The molecule has 2 rings (SSSR count). The lowest BCUT2D eigenvalue weighted by atomic mass is 10.3. The predicted molar refractivity (Wildman–Crippen MR) is 80.8 cm³/mol. The van der Waals surface area contributed by atoms with E-state index in [1.165, 1.54) is 25.7 Å². The minimum absolute atomic E-state index is 0.637. The van der Waals surface area contributed by atoms with Crippen molar-refractivity contribution in [1.29, 1.82) is 0 Å². The molecule has 1 heterocycles. The van der Waals surface area contributed by atoms with Crippen molar-refractivity contribution in [2.45, 2.75) is 38.3 Å². The maximum absolute atomic E-state index is 5.54. The van der Waals surface area contributed by atoms with Crippen LogP contribution in [0.5, 0.6) is 0 Å². The summed E-state index contributed by atoms with van der Waals surface area (Å²) in [6.07, 6.45) is 7.40. The van der Waals surface area contributed by atoms with Gasteiger partial charge < -0.3 is 15.0 Å². The highest BCUT2D eigenvalue weighted by molar-refractivity contribution is 4.99. The summed E-state index contributed by atoms with van der Waals surface area (Å²) >= 11 is 0. The first-order valence-electron chi connectivity index (χ1n) is 7.73. The van der Waals surface area contributed by atoms with E-state index in [-0.39, 0.29) is 0 Å². The Bertz CT molecular complexity index is 372. The molecule has 114 valence electrons. The number of hydrogen-bond donors (Lipinski definition) is 1. The van der Waals surface area contributed by atoms with Gasteiger partial charge in [-0.3, -0.25) is 4.68 Å². The molecule has 1 saturated carbocycles. The average Bonchev–Trinajstić information content (AvgIpc) is 3.08. The number of aromatic nitrogens is 2. The topological polar surface area (TPSA) is 42.3 Å². The Hall–Kier alpha value is -0.910. The molecule has 20 heavy (non-hydrogen) atoms. The number of nitrogens with one attached hydrogen (secondary N) is 1. The first-order chi connectivity index (χ1) is 9.75. The zero-order valence-corrected chi connectivity index (χ0v) is 12.8. The lowest BCUT2D eigenvalue weighted by Gasteiger charge is -2.10. The molecule has 1 aliphatic carbocycles. The maximum atomic E-state index is 5.54. The molecular weight excluding hydrogens is 252 g/mol. The normalized spacial score (nSPS) is 16.4. The SMILES string of the molecule is CN(C)CCOCCNCc1ccn(C2CCCC2)n1. The van der Waals surface area contributed by atoms with Crippen molar-refractivity contribution in [3.8, 4) is 0 Å². The van der Waals surface area contributed by atoms with Gasteiger partial charge in [-0.2, -0.15) is 5.10 Å². The zero-order chi connectivity index (χ0) is 14.2. The van der Waals surface area contributed by atoms with Crippen molar-refractivity contribution in [1.82, 2.24) is 20.0 Å². The van der Waals surface area contributed by atoms with Gasteiger partial charge in [0.15, 0.2) is 0 Å². The second kappa shape index (κ2) is 8.39. The molecule has 0 aromatic carbocycles. The molecule has 5 heteroatoms. The third-order valence-electron chi connectivity index (χ3n) is 3.77. The lowest BCUT2D eigenvalue weighted by molar-refractivity contribution is 0.119. The summed E-state index contributed by atoms with van der Waals surface area (Å²) in [5.41, 5.74) is 1.13. The fraction of sp³-hybridized carbons (Fsp3) is 0.800. The van der Waals surface area contributed by atoms with E-state index in [4.69, 9.17) is 4.74 Å². The third kappa shape index (κ3) is 5.23. The van der Waals surface area contributed by atoms with Crippen LogP contribution in [0.15, 0.2) is 12.3 Å². The van der Waals surface area contributed by atoms with Crippen molar-refractivity contribution in [2.75, 3.05) is 40.4 Å². The van der Waals surface area contributed by atoms with Gasteiger partial charge in [-0.15, -0.1) is 0 Å². The van der Waals surface area contributed by atoms with Crippen LogP contribution in [-0.4, -0.2) is 55.1 Å². The average molecular weight is 280 g/mol. The quantitative estimate of drug-likeness (QED) is 0.699. The third-order valence-corrected chi connectivity index (χ3v) is 3.77. The number of rotatable bonds is 9. The largest absolute Gasteiger partial charge is 0.379 e. The minimum atomic E-state index is 0.637. The van der Waals surface area contributed by atoms with E-state index >= 15 is 0 Å². The summed E-state index contributed by atoms with van der Waals surface area (Å²) in [5, 5.41) is 8.04. The zero-order valence-electron chi connectivity index (χ0n) is 12.8. The van der Waals surface area contributed by atoms with Gasteiger partial charge in [0, 0.05) is 25.8 Å². The first kappa shape index (κ1) is 15.5. The van der Waals surface area contributed by atoms with Crippen LogP contribution in [-0.2, 0) is 11.3 Å². The minimum Gasteiger partial charge on any atom is -0.379 e. The summed E-state index contributed by atoms with van der Waals surface area (Å²) in [6.45, 7) is 4.24. The van der Waals surface area contributed by atoms with Crippen LogP contribution in [0.3, 0.4) is 0 Å². The van der Waals surface area contributed by atoms with Gasteiger partial charge in [0.2, 0.25) is 0 Å². The molecule has 0 spiro atoms. The Balaban J connectivity index is 1.55. The summed E-state index contributed by atoms with van der Waals surface area (Å²) in [5.74, 6) is 0. The van der Waals surface area contributed by atoms with Gasteiger partial charge in [-0.25, -0.2) is 0 Å². The van der Waals surface area contributed by atoms with E-state index in [0.717, 1.165) is 38.5 Å². The summed E-state index contributed by atoms with van der Waals surface area (Å²) < 4.78 is 7.69. The maximum Gasteiger partial charge on any atom is 0.0762 e. The highest BCUT2D eigenvalue weighted by Crippen LogP contribution is 2.28. The van der Waals surface area contributed by atoms with Crippen LogP contribution in [0.1, 0.15) is 37.4 Å². The summed E-state index contributed by atoms with van der Waals surface area (Å²) in [7, 11) is 4.12. The van der Waals surface area contributed by atoms with E-state index in [1.54, 1.807) is 0 Å². The molecule has 1 aromatic rings. The number of likely N-dealkylation sites (N-methyl/N-ethyl adjacent to an activating group) is 1. The molecule has 0 bridgehead atoms. The fourth-order valence-corrected chi connectivity index (χ4v) is 2.55. The van der Waals surface area contributed by atoms with Crippen molar-refractivity contribution in [2.24, 2.45) is 0 Å². The van der Waals surface area contributed by atoms with Gasteiger partial charge in [-0.05, 0) is 33.0 Å². The van der Waals surface area contributed by atoms with Gasteiger partial charge >= 0.3 is 0 Å². The Labute approximate surface area is 122 Å². The first-order valence-corrected chi connectivity index (χ1v) is 7.73. The number of nitrogens with zero attached hydrogens (tertiary/aromatic N) is 3. The smallest absolute Gasteiger partial charge is 0.0762 e. The molecule has 0 unspecified atom stereocenters. The van der Waals surface area contributed by atoms with Crippen LogP contribution < -0.4 is 5.32 Å². The second-order valence-electron chi connectivity index (χ2n) is 5.82. The van der Waals surface area contributed by atoms with E-state index < -0.39 is 0 Å². The summed E-state index contributed by atoms with van der Waals surface area (Å²) in [6, 6.07) is 2.76. The van der Waals surface area contributed by atoms with Crippen LogP contribution in [0.25, 0.3) is 0 Å². The van der Waals surface area contributed by atoms with Crippen LogP contribution in [0, 0.1) is 0 Å². The molecular formula is C15H28N4O. The molecule has 1 aromatic heterocycles. The van der Waals surface area contributed by atoms with E-state index in [9.17, 15) is 0 Å². The van der Waals surface area contributed by atoms with Crippen molar-refractivity contribution in [3.63, 3.8) is 0 Å². The Morgan fingerprint density at radius 3 is 2.90 bits per heavy atom. The molecule has 0 saturated heterocycles. The van der Waals surface area contributed by atoms with Gasteiger partial charge in [0.1, 0.15) is 0 Å². The Kier molecular flexibility index (Phi) is 6.50. The molecule has 0 radical (unpaired) electrons. The molecule has 0 atom stereocenters. The number of ether oxygens (including phenoxy) is 1. The van der Waals surface area contributed by atoms with Crippen molar-refractivity contribution < 1.29 is 4.74 Å². The lowest BCUT2D eigenvalue weighted by Crippen LogP contribution is -2.23. The van der Waals surface area contributed by atoms with Crippen LogP contribution in [0.2, 0.25) is 0 Å². The predicted octanol–water partition coefficient (Wildman–Crippen LogP) is 1.67. The molecule has 1 fully saturated rings. The summed E-state index contributed by atoms with van der Waals surface area (Å²) in [4.78, 5) is 2.13.